The van der Waals surface area contributed by atoms with E-state index in [2.05, 4.69) is 80.5 Å². The molecule has 1 aromatic heterocycles. The van der Waals surface area contributed by atoms with E-state index in [0.717, 1.165) is 28.1 Å². The van der Waals surface area contributed by atoms with Gasteiger partial charge in [0.15, 0.2) is 0 Å². The molecule has 1 atom stereocenters. The molecule has 0 bridgehead atoms. The highest BCUT2D eigenvalue weighted by Gasteiger charge is 2.13. The highest BCUT2D eigenvalue weighted by atomic mass is 31.0. The lowest BCUT2D eigenvalue weighted by Crippen LogP contribution is -1.98. The van der Waals surface area contributed by atoms with Gasteiger partial charge in [-0.3, -0.25) is 4.57 Å². The lowest BCUT2D eigenvalue weighted by molar-refractivity contribution is 0.824. The number of nitrogens with zero attached hydrogens (tertiary/aromatic N) is 2. The molecule has 0 amide bonds. The van der Waals surface area contributed by atoms with Gasteiger partial charge < -0.3 is 5.48 Å². The van der Waals surface area contributed by atoms with Crippen molar-refractivity contribution in [2.45, 2.75) is 0 Å². The predicted molar refractivity (Wildman–Crippen MR) is 99.5 cm³/mol. The molecule has 0 aliphatic rings. The number of hydrogen-bond acceptors (Lipinski definition) is 1. The summed E-state index contributed by atoms with van der Waals surface area (Å²) >= 11 is 0. The molecule has 2 N–H and O–H groups in total. The summed E-state index contributed by atoms with van der Waals surface area (Å²) in [6.45, 7) is 0. The summed E-state index contributed by atoms with van der Waals surface area (Å²) in [4.78, 5) is 4.85. The zero-order valence-corrected chi connectivity index (χ0v) is 13.6. The van der Waals surface area contributed by atoms with Gasteiger partial charge in [0.2, 0.25) is 0 Å². The highest BCUT2D eigenvalue weighted by molar-refractivity contribution is 7.27. The minimum Gasteiger partial charge on any atom is -0.412 e. The van der Waals surface area contributed by atoms with E-state index in [0.29, 0.717) is 0 Å². The Morgan fingerprint density at radius 2 is 1.39 bits per heavy atom. The molecule has 0 aliphatic heterocycles. The maximum atomic E-state index is 4.85. The maximum absolute atomic E-state index is 4.85. The van der Waals surface area contributed by atoms with Gasteiger partial charge >= 0.3 is 0 Å². The van der Waals surface area contributed by atoms with Crippen LogP contribution in [0.15, 0.2) is 78.9 Å². The van der Waals surface area contributed by atoms with Crippen molar-refractivity contribution in [1.29, 1.82) is 0 Å². The molecule has 4 heteroatoms. The number of benzene rings is 3. The summed E-state index contributed by atoms with van der Waals surface area (Å²) in [6.07, 6.45) is 0. The summed E-state index contributed by atoms with van der Waals surface area (Å²) in [6, 6.07) is 27.0. The van der Waals surface area contributed by atoms with E-state index < -0.39 is 0 Å². The monoisotopic (exact) mass is 320 g/mol. The van der Waals surface area contributed by atoms with E-state index in [1.807, 2.05) is 12.1 Å². The SMILES string of the molecule is O.Pc1ccc(-c2nc3ccccc3n2-c2ccccc2)cc1. The summed E-state index contributed by atoms with van der Waals surface area (Å²) in [5.74, 6) is 0.970. The Morgan fingerprint density at radius 3 is 2.13 bits per heavy atom. The van der Waals surface area contributed by atoms with Crippen LogP contribution in [0, 0.1) is 0 Å². The average Bonchev–Trinajstić information content (AvgIpc) is 2.96. The van der Waals surface area contributed by atoms with E-state index in [4.69, 9.17) is 4.98 Å². The van der Waals surface area contributed by atoms with E-state index in [9.17, 15) is 0 Å². The molecular formula is C19H17N2OP. The Labute approximate surface area is 137 Å². The summed E-state index contributed by atoms with van der Waals surface area (Å²) in [7, 11) is 2.72. The molecule has 3 nitrogen and oxygen atoms in total. The fourth-order valence-corrected chi connectivity index (χ4v) is 2.88. The van der Waals surface area contributed by atoms with Crippen molar-refractivity contribution in [2.24, 2.45) is 0 Å². The molecule has 4 rings (SSSR count). The molecule has 0 saturated carbocycles. The summed E-state index contributed by atoms with van der Waals surface area (Å²) < 4.78 is 2.22. The van der Waals surface area contributed by atoms with Gasteiger partial charge in [0, 0.05) is 11.3 Å². The predicted octanol–water partition coefficient (Wildman–Crippen LogP) is 3.37. The van der Waals surface area contributed by atoms with Gasteiger partial charge in [-0.15, -0.1) is 9.24 Å². The second kappa shape index (κ2) is 6.33. The molecule has 0 aliphatic carbocycles. The lowest BCUT2D eigenvalue weighted by atomic mass is 10.2. The molecule has 0 saturated heterocycles. The molecule has 0 radical (unpaired) electrons. The van der Waals surface area contributed by atoms with Crippen LogP contribution in [-0.4, -0.2) is 15.0 Å². The first-order valence-corrected chi connectivity index (χ1v) is 7.79. The van der Waals surface area contributed by atoms with Crippen LogP contribution in [0.5, 0.6) is 0 Å². The Balaban J connectivity index is 0.00000156. The van der Waals surface area contributed by atoms with Gasteiger partial charge in [0.25, 0.3) is 0 Å². The van der Waals surface area contributed by atoms with Crippen molar-refractivity contribution in [3.05, 3.63) is 78.9 Å². The Morgan fingerprint density at radius 1 is 0.739 bits per heavy atom. The van der Waals surface area contributed by atoms with Crippen molar-refractivity contribution >= 4 is 25.6 Å². The van der Waals surface area contributed by atoms with Gasteiger partial charge in [0.1, 0.15) is 5.82 Å². The first kappa shape index (κ1) is 15.4. The fraction of sp³-hybridized carbons (Fsp3) is 0. The Bertz CT molecular complexity index is 931. The zero-order chi connectivity index (χ0) is 14.9. The smallest absolute Gasteiger partial charge is 0.145 e. The topological polar surface area (TPSA) is 49.3 Å². The second-order valence-electron chi connectivity index (χ2n) is 5.22. The van der Waals surface area contributed by atoms with Crippen LogP contribution in [0.2, 0.25) is 0 Å². The van der Waals surface area contributed by atoms with E-state index in [1.54, 1.807) is 0 Å². The highest BCUT2D eigenvalue weighted by Crippen LogP contribution is 2.28. The molecule has 0 fully saturated rings. The molecule has 3 aromatic carbocycles. The second-order valence-corrected chi connectivity index (χ2v) is 5.88. The molecule has 1 unspecified atom stereocenters. The average molecular weight is 320 g/mol. The largest absolute Gasteiger partial charge is 0.412 e. The van der Waals surface area contributed by atoms with Crippen molar-refractivity contribution in [3.8, 4) is 17.1 Å². The summed E-state index contributed by atoms with van der Waals surface area (Å²) in [5, 5.41) is 1.17. The summed E-state index contributed by atoms with van der Waals surface area (Å²) in [5.41, 5.74) is 4.38. The van der Waals surface area contributed by atoms with Crippen LogP contribution in [0.1, 0.15) is 0 Å². The number of imidazole rings is 1. The molecular weight excluding hydrogens is 303 g/mol. The van der Waals surface area contributed by atoms with Crippen LogP contribution >= 0.6 is 9.24 Å². The van der Waals surface area contributed by atoms with E-state index in [-0.39, 0.29) is 5.48 Å². The normalized spacial score (nSPS) is 10.5. The van der Waals surface area contributed by atoms with E-state index in [1.165, 1.54) is 5.30 Å². The van der Waals surface area contributed by atoms with Crippen LogP contribution in [0.4, 0.5) is 0 Å². The van der Waals surface area contributed by atoms with Crippen LogP contribution in [0.25, 0.3) is 28.1 Å². The van der Waals surface area contributed by atoms with Gasteiger partial charge in [-0.2, -0.15) is 0 Å². The van der Waals surface area contributed by atoms with Crippen molar-refractivity contribution in [3.63, 3.8) is 0 Å². The first-order valence-electron chi connectivity index (χ1n) is 7.22. The minimum atomic E-state index is 0. The van der Waals surface area contributed by atoms with Gasteiger partial charge in [-0.1, -0.05) is 54.6 Å². The molecule has 114 valence electrons. The van der Waals surface area contributed by atoms with Crippen LogP contribution in [-0.2, 0) is 0 Å². The third kappa shape index (κ3) is 2.77. The number of rotatable bonds is 2. The standard InChI is InChI=1S/C19H15N2P.H2O/c22-16-12-10-14(11-13-16)19-20-17-8-4-5-9-18(17)21(19)15-6-2-1-3-7-15;/h1-13H,22H2;1H2. The number of hydrogen-bond donors (Lipinski definition) is 0. The van der Waals surface area contributed by atoms with Crippen molar-refractivity contribution in [1.82, 2.24) is 9.55 Å². The van der Waals surface area contributed by atoms with Gasteiger partial charge in [-0.25, -0.2) is 4.98 Å². The third-order valence-electron chi connectivity index (χ3n) is 3.74. The number of para-hydroxylation sites is 3. The van der Waals surface area contributed by atoms with Crippen LogP contribution < -0.4 is 5.30 Å². The Kier molecular flexibility index (Phi) is 4.24. The molecule has 1 heterocycles. The van der Waals surface area contributed by atoms with Gasteiger partial charge in [-0.05, 0) is 29.6 Å². The minimum absolute atomic E-state index is 0. The van der Waals surface area contributed by atoms with Crippen molar-refractivity contribution < 1.29 is 5.48 Å². The van der Waals surface area contributed by atoms with Crippen molar-refractivity contribution in [2.75, 3.05) is 0 Å². The van der Waals surface area contributed by atoms with Crippen LogP contribution in [0.3, 0.4) is 0 Å². The number of aromatic nitrogens is 2. The molecule has 23 heavy (non-hydrogen) atoms. The zero-order valence-electron chi connectivity index (χ0n) is 12.5. The number of fused-ring (bicyclic) bond motifs is 1. The fourth-order valence-electron chi connectivity index (χ4n) is 2.69. The lowest BCUT2D eigenvalue weighted by Gasteiger charge is -2.09. The third-order valence-corrected chi connectivity index (χ3v) is 4.13. The molecule has 0 spiro atoms. The molecule has 4 aromatic rings. The quantitative estimate of drug-likeness (QED) is 0.522. The first-order chi connectivity index (χ1) is 10.8. The Hall–Kier alpha value is -2.48. The van der Waals surface area contributed by atoms with E-state index >= 15 is 0 Å². The van der Waals surface area contributed by atoms with Gasteiger partial charge in [0.05, 0.1) is 11.0 Å². The maximum Gasteiger partial charge on any atom is 0.145 e.